The summed E-state index contributed by atoms with van der Waals surface area (Å²) in [5, 5.41) is 15.9. The molecule has 9 nitrogen and oxygen atoms in total. The van der Waals surface area contributed by atoms with Gasteiger partial charge in [-0.1, -0.05) is 13.8 Å². The Morgan fingerprint density at radius 1 is 1.04 bits per heavy atom. The van der Waals surface area contributed by atoms with Crippen molar-refractivity contribution in [2.75, 3.05) is 18.6 Å². The van der Waals surface area contributed by atoms with E-state index in [-0.39, 0.29) is 5.92 Å². The van der Waals surface area contributed by atoms with E-state index in [1.165, 1.54) is 6.92 Å². The van der Waals surface area contributed by atoms with Crippen LogP contribution in [0.25, 0.3) is 0 Å². The van der Waals surface area contributed by atoms with Gasteiger partial charge in [-0.15, -0.1) is 0 Å². The monoisotopic (exact) mass is 376 g/mol. The normalized spacial score (nSPS) is 14.3. The predicted octanol–water partition coefficient (Wildman–Crippen LogP) is -1.09. The highest BCUT2D eigenvalue weighted by Crippen LogP contribution is 2.03. The summed E-state index contributed by atoms with van der Waals surface area (Å²) in [6, 6.07) is -2.49. The second kappa shape index (κ2) is 11.7. The first kappa shape index (κ1) is 23.2. The number of carboxylic acid groups (broad SMARTS) is 1. The fourth-order valence-electron chi connectivity index (χ4n) is 1.85. The lowest BCUT2D eigenvalue weighted by molar-refractivity contribution is -0.138. The van der Waals surface area contributed by atoms with Gasteiger partial charge in [0.05, 0.1) is 6.04 Å². The number of nitrogens with two attached hydrogens (primary N) is 1. The first-order chi connectivity index (χ1) is 11.6. The lowest BCUT2D eigenvalue weighted by Crippen LogP contribution is -2.56. The maximum atomic E-state index is 12.2. The Labute approximate surface area is 151 Å². The summed E-state index contributed by atoms with van der Waals surface area (Å²) in [4.78, 5) is 46.7. The minimum Gasteiger partial charge on any atom is -0.480 e. The molecule has 0 spiro atoms. The molecule has 3 atom stereocenters. The summed E-state index contributed by atoms with van der Waals surface area (Å²) in [6.07, 6.45) is 2.40. The van der Waals surface area contributed by atoms with Gasteiger partial charge in [0.15, 0.2) is 0 Å². The number of carbonyl (C=O) groups is 4. The minimum atomic E-state index is -1.18. The first-order valence-corrected chi connectivity index (χ1v) is 9.34. The van der Waals surface area contributed by atoms with Gasteiger partial charge in [-0.3, -0.25) is 19.2 Å². The summed E-state index contributed by atoms with van der Waals surface area (Å²) in [6.45, 7) is 4.38. The van der Waals surface area contributed by atoms with E-state index in [1.807, 2.05) is 6.26 Å². The molecule has 0 aliphatic carbocycles. The van der Waals surface area contributed by atoms with E-state index in [0.29, 0.717) is 6.42 Å². The molecular weight excluding hydrogens is 348 g/mol. The highest BCUT2D eigenvalue weighted by atomic mass is 32.2. The molecule has 0 heterocycles. The molecule has 3 amide bonds. The van der Waals surface area contributed by atoms with Crippen molar-refractivity contribution in [1.29, 1.82) is 0 Å². The molecule has 0 saturated carbocycles. The predicted molar refractivity (Wildman–Crippen MR) is 96.0 cm³/mol. The van der Waals surface area contributed by atoms with Crippen LogP contribution in [-0.4, -0.2) is 65.5 Å². The Balaban J connectivity index is 4.65. The van der Waals surface area contributed by atoms with Crippen molar-refractivity contribution >= 4 is 35.5 Å². The molecule has 3 unspecified atom stereocenters. The second-order valence-electron chi connectivity index (χ2n) is 5.96. The molecule has 0 aromatic carbocycles. The van der Waals surface area contributed by atoms with E-state index in [9.17, 15) is 19.2 Å². The van der Waals surface area contributed by atoms with Crippen molar-refractivity contribution in [3.8, 4) is 0 Å². The minimum absolute atomic E-state index is 0.260. The molecule has 0 aromatic heterocycles. The molecule has 0 radical (unpaired) electrons. The Hall–Kier alpha value is -1.81. The van der Waals surface area contributed by atoms with Crippen LogP contribution in [0.3, 0.4) is 0 Å². The fraction of sp³-hybridized carbons (Fsp3) is 0.733. The van der Waals surface area contributed by atoms with Crippen LogP contribution in [-0.2, 0) is 19.2 Å². The Kier molecular flexibility index (Phi) is 10.8. The van der Waals surface area contributed by atoms with Crippen molar-refractivity contribution in [2.45, 2.75) is 45.3 Å². The SMILES string of the molecule is CSCCC(N)C(=O)NC(C)C(=O)NC(C(=O)NCC(=O)O)C(C)C. The van der Waals surface area contributed by atoms with Crippen LogP contribution < -0.4 is 21.7 Å². The molecule has 0 aliphatic heterocycles. The Morgan fingerprint density at radius 3 is 2.12 bits per heavy atom. The average molecular weight is 376 g/mol. The van der Waals surface area contributed by atoms with Crippen LogP contribution in [0.1, 0.15) is 27.2 Å². The zero-order valence-corrected chi connectivity index (χ0v) is 15.8. The van der Waals surface area contributed by atoms with Gasteiger partial charge < -0.3 is 26.8 Å². The highest BCUT2D eigenvalue weighted by molar-refractivity contribution is 7.98. The van der Waals surface area contributed by atoms with Crippen molar-refractivity contribution in [3.05, 3.63) is 0 Å². The topological polar surface area (TPSA) is 151 Å². The van der Waals surface area contributed by atoms with Gasteiger partial charge in [-0.05, 0) is 31.3 Å². The number of carboxylic acids is 1. The maximum Gasteiger partial charge on any atom is 0.322 e. The van der Waals surface area contributed by atoms with Gasteiger partial charge in [0.1, 0.15) is 18.6 Å². The summed E-state index contributed by atoms with van der Waals surface area (Å²) in [5.74, 6) is -2.29. The molecule has 25 heavy (non-hydrogen) atoms. The van der Waals surface area contributed by atoms with E-state index in [2.05, 4.69) is 16.0 Å². The molecule has 0 fully saturated rings. The van der Waals surface area contributed by atoms with E-state index in [0.717, 1.165) is 5.75 Å². The Morgan fingerprint density at radius 2 is 1.64 bits per heavy atom. The van der Waals surface area contributed by atoms with Crippen molar-refractivity contribution < 1.29 is 24.3 Å². The summed E-state index contributed by atoms with van der Waals surface area (Å²) >= 11 is 1.57. The standard InChI is InChI=1S/C15H28N4O5S/c1-8(2)12(15(24)17-7-11(20)21)19-13(22)9(3)18-14(23)10(16)5-6-25-4/h8-10,12H,5-7,16H2,1-4H3,(H,17,24)(H,18,23)(H,19,22)(H,20,21). The molecule has 0 aromatic rings. The quantitative estimate of drug-likeness (QED) is 0.307. The lowest BCUT2D eigenvalue weighted by Gasteiger charge is -2.24. The first-order valence-electron chi connectivity index (χ1n) is 7.94. The molecule has 0 saturated heterocycles. The van der Waals surface area contributed by atoms with Gasteiger partial charge in [0.2, 0.25) is 17.7 Å². The molecule has 6 N–H and O–H groups in total. The number of aliphatic carboxylic acids is 1. The zero-order chi connectivity index (χ0) is 19.6. The number of hydrogen-bond acceptors (Lipinski definition) is 6. The third kappa shape index (κ3) is 9.30. The van der Waals surface area contributed by atoms with E-state index in [1.54, 1.807) is 25.6 Å². The van der Waals surface area contributed by atoms with Crippen LogP contribution >= 0.6 is 11.8 Å². The molecule has 10 heteroatoms. The number of amides is 3. The van der Waals surface area contributed by atoms with Gasteiger partial charge in [0, 0.05) is 0 Å². The third-order valence-electron chi connectivity index (χ3n) is 3.38. The number of rotatable bonds is 11. The maximum absolute atomic E-state index is 12.2. The van der Waals surface area contributed by atoms with E-state index in [4.69, 9.17) is 10.8 Å². The van der Waals surface area contributed by atoms with Crippen LogP contribution in [0.5, 0.6) is 0 Å². The van der Waals surface area contributed by atoms with Crippen LogP contribution in [0.2, 0.25) is 0 Å². The van der Waals surface area contributed by atoms with Crippen molar-refractivity contribution in [1.82, 2.24) is 16.0 Å². The third-order valence-corrected chi connectivity index (χ3v) is 4.03. The molecule has 0 bridgehead atoms. The van der Waals surface area contributed by atoms with Crippen molar-refractivity contribution in [3.63, 3.8) is 0 Å². The number of thioether (sulfide) groups is 1. The largest absolute Gasteiger partial charge is 0.480 e. The summed E-state index contributed by atoms with van der Waals surface area (Å²) < 4.78 is 0. The Bertz CT molecular complexity index is 487. The molecule has 144 valence electrons. The van der Waals surface area contributed by atoms with Gasteiger partial charge >= 0.3 is 5.97 Å². The van der Waals surface area contributed by atoms with Crippen LogP contribution in [0.4, 0.5) is 0 Å². The summed E-state index contributed by atoms with van der Waals surface area (Å²) in [5.41, 5.74) is 5.74. The van der Waals surface area contributed by atoms with E-state index < -0.39 is 48.4 Å². The fourth-order valence-corrected chi connectivity index (χ4v) is 2.34. The average Bonchev–Trinajstić information content (AvgIpc) is 2.54. The molecule has 0 rings (SSSR count). The van der Waals surface area contributed by atoms with Crippen LogP contribution in [0.15, 0.2) is 0 Å². The van der Waals surface area contributed by atoms with Gasteiger partial charge in [-0.2, -0.15) is 11.8 Å². The second-order valence-corrected chi connectivity index (χ2v) is 6.95. The van der Waals surface area contributed by atoms with Crippen molar-refractivity contribution in [2.24, 2.45) is 11.7 Å². The summed E-state index contributed by atoms with van der Waals surface area (Å²) in [7, 11) is 0. The number of hydrogen-bond donors (Lipinski definition) is 5. The molecular formula is C15H28N4O5S. The number of carbonyl (C=O) groups excluding carboxylic acids is 3. The van der Waals surface area contributed by atoms with Gasteiger partial charge in [-0.25, -0.2) is 0 Å². The van der Waals surface area contributed by atoms with E-state index >= 15 is 0 Å². The zero-order valence-electron chi connectivity index (χ0n) is 15.0. The number of nitrogens with one attached hydrogen (secondary N) is 3. The molecule has 0 aliphatic rings. The van der Waals surface area contributed by atoms with Crippen LogP contribution in [0, 0.1) is 5.92 Å². The highest BCUT2D eigenvalue weighted by Gasteiger charge is 2.27. The lowest BCUT2D eigenvalue weighted by atomic mass is 10.0. The van der Waals surface area contributed by atoms with Gasteiger partial charge in [0.25, 0.3) is 0 Å². The smallest absolute Gasteiger partial charge is 0.322 e.